The minimum atomic E-state index is -1.83. The second-order valence-corrected chi connectivity index (χ2v) is 16.9. The van der Waals surface area contributed by atoms with E-state index in [-0.39, 0.29) is 11.5 Å². The SMILES string of the molecule is Cc1cccc(CC/C=C/[C@@H]2[C@H]3CC(CCCCC(=O)O)=C[C@H]3C[C@H]2O[Si](C)(C)C(C)(C)C)c1. The van der Waals surface area contributed by atoms with E-state index in [0.29, 0.717) is 23.9 Å². The molecule has 0 spiro atoms. The van der Waals surface area contributed by atoms with Gasteiger partial charge in [0.1, 0.15) is 0 Å². The zero-order chi connectivity index (χ0) is 24.9. The lowest BCUT2D eigenvalue weighted by Crippen LogP contribution is -2.45. The van der Waals surface area contributed by atoms with Crippen LogP contribution in [0.25, 0.3) is 0 Å². The maximum atomic E-state index is 10.8. The Morgan fingerprint density at radius 1 is 1.21 bits per heavy atom. The molecule has 1 aromatic rings. The van der Waals surface area contributed by atoms with Crippen LogP contribution >= 0.6 is 0 Å². The number of benzene rings is 1. The Hall–Kier alpha value is -1.65. The summed E-state index contributed by atoms with van der Waals surface area (Å²) in [6.07, 6.45) is 15.3. The summed E-state index contributed by atoms with van der Waals surface area (Å²) in [5.41, 5.74) is 4.29. The summed E-state index contributed by atoms with van der Waals surface area (Å²) >= 11 is 0. The quantitative estimate of drug-likeness (QED) is 0.197. The van der Waals surface area contributed by atoms with Gasteiger partial charge in [0.15, 0.2) is 8.32 Å². The Labute approximate surface area is 208 Å². The molecule has 34 heavy (non-hydrogen) atoms. The lowest BCUT2D eigenvalue weighted by atomic mass is 9.88. The van der Waals surface area contributed by atoms with Crippen LogP contribution in [-0.2, 0) is 15.6 Å². The highest BCUT2D eigenvalue weighted by Crippen LogP contribution is 2.51. The first-order valence-corrected chi connectivity index (χ1v) is 16.2. The number of carbonyl (C=O) groups is 1. The molecule has 0 aromatic heterocycles. The van der Waals surface area contributed by atoms with Gasteiger partial charge in [-0.15, -0.1) is 0 Å². The maximum Gasteiger partial charge on any atom is 0.303 e. The maximum absolute atomic E-state index is 10.8. The summed E-state index contributed by atoms with van der Waals surface area (Å²) in [6.45, 7) is 13.9. The number of unbranched alkanes of at least 4 members (excludes halogenated alkanes) is 1. The number of hydrogen-bond donors (Lipinski definition) is 1. The molecule has 1 aromatic carbocycles. The largest absolute Gasteiger partial charge is 0.481 e. The fourth-order valence-electron chi connectivity index (χ4n) is 5.45. The van der Waals surface area contributed by atoms with Gasteiger partial charge in [0.05, 0.1) is 6.10 Å². The molecule has 0 radical (unpaired) electrons. The van der Waals surface area contributed by atoms with Crippen LogP contribution in [0, 0.1) is 24.7 Å². The number of aliphatic carboxylic acids is 1. The molecule has 0 bridgehead atoms. The molecule has 4 atom stereocenters. The van der Waals surface area contributed by atoms with E-state index in [1.807, 2.05) is 0 Å². The Kier molecular flexibility index (Phi) is 9.02. The molecule has 0 aliphatic heterocycles. The second-order valence-electron chi connectivity index (χ2n) is 12.1. The van der Waals surface area contributed by atoms with Gasteiger partial charge in [-0.25, -0.2) is 0 Å². The number of fused-ring (bicyclic) bond motifs is 1. The van der Waals surface area contributed by atoms with Crippen molar-refractivity contribution in [2.75, 3.05) is 0 Å². The third kappa shape index (κ3) is 7.18. The van der Waals surface area contributed by atoms with E-state index in [4.69, 9.17) is 9.53 Å². The number of carboxylic acids is 1. The van der Waals surface area contributed by atoms with Crippen molar-refractivity contribution in [3.05, 3.63) is 59.2 Å². The van der Waals surface area contributed by atoms with E-state index in [9.17, 15) is 4.79 Å². The topological polar surface area (TPSA) is 46.5 Å². The molecule has 0 unspecified atom stereocenters. The molecule has 1 fully saturated rings. The molecule has 0 amide bonds. The molecule has 3 nitrogen and oxygen atoms in total. The van der Waals surface area contributed by atoms with Gasteiger partial charge in [0.2, 0.25) is 0 Å². The molecule has 0 heterocycles. The van der Waals surface area contributed by atoms with Crippen molar-refractivity contribution in [1.29, 1.82) is 0 Å². The lowest BCUT2D eigenvalue weighted by molar-refractivity contribution is -0.137. The molecule has 2 aliphatic rings. The van der Waals surface area contributed by atoms with E-state index in [1.165, 1.54) is 11.1 Å². The van der Waals surface area contributed by atoms with E-state index < -0.39 is 14.3 Å². The van der Waals surface area contributed by atoms with Crippen LogP contribution in [0.1, 0.15) is 76.8 Å². The summed E-state index contributed by atoms with van der Waals surface area (Å²) in [7, 11) is -1.83. The number of rotatable bonds is 11. The highest BCUT2D eigenvalue weighted by molar-refractivity contribution is 6.74. The van der Waals surface area contributed by atoms with Gasteiger partial charge in [-0.3, -0.25) is 4.79 Å². The summed E-state index contributed by atoms with van der Waals surface area (Å²) < 4.78 is 7.00. The smallest absolute Gasteiger partial charge is 0.303 e. The van der Waals surface area contributed by atoms with Crippen LogP contribution in [0.3, 0.4) is 0 Å². The Morgan fingerprint density at radius 3 is 2.65 bits per heavy atom. The van der Waals surface area contributed by atoms with Crippen LogP contribution in [0.2, 0.25) is 18.1 Å². The molecule has 1 N–H and O–H groups in total. The molecule has 0 saturated heterocycles. The molecule has 2 aliphatic carbocycles. The van der Waals surface area contributed by atoms with E-state index in [1.54, 1.807) is 5.57 Å². The number of carboxylic acid groups (broad SMARTS) is 1. The summed E-state index contributed by atoms with van der Waals surface area (Å²) in [5.74, 6) is 1.04. The second kappa shape index (κ2) is 11.4. The van der Waals surface area contributed by atoms with Crippen molar-refractivity contribution in [1.82, 2.24) is 0 Å². The number of allylic oxidation sites excluding steroid dienone is 3. The van der Waals surface area contributed by atoms with E-state index in [2.05, 4.69) is 83.3 Å². The Balaban J connectivity index is 1.65. The van der Waals surface area contributed by atoms with Crippen LogP contribution in [0.4, 0.5) is 0 Å². The van der Waals surface area contributed by atoms with Crippen molar-refractivity contribution in [2.24, 2.45) is 17.8 Å². The van der Waals surface area contributed by atoms with Crippen LogP contribution in [0.5, 0.6) is 0 Å². The minimum Gasteiger partial charge on any atom is -0.481 e. The molecule has 4 heteroatoms. The first-order chi connectivity index (χ1) is 16.0. The highest BCUT2D eigenvalue weighted by atomic mass is 28.4. The summed E-state index contributed by atoms with van der Waals surface area (Å²) in [6, 6.07) is 8.84. The van der Waals surface area contributed by atoms with Crippen molar-refractivity contribution >= 4 is 14.3 Å². The van der Waals surface area contributed by atoms with Gasteiger partial charge in [-0.1, -0.05) is 74.4 Å². The normalized spacial score (nSPS) is 25.1. The van der Waals surface area contributed by atoms with Crippen molar-refractivity contribution in [3.8, 4) is 0 Å². The Morgan fingerprint density at radius 2 is 1.97 bits per heavy atom. The van der Waals surface area contributed by atoms with Crippen molar-refractivity contribution in [3.63, 3.8) is 0 Å². The average Bonchev–Trinajstić information content (AvgIpc) is 3.25. The summed E-state index contributed by atoms with van der Waals surface area (Å²) in [4.78, 5) is 10.8. The zero-order valence-electron chi connectivity index (χ0n) is 22.3. The van der Waals surface area contributed by atoms with E-state index in [0.717, 1.165) is 44.9 Å². The van der Waals surface area contributed by atoms with E-state index >= 15 is 0 Å². The first kappa shape index (κ1) is 26.9. The lowest BCUT2D eigenvalue weighted by Gasteiger charge is -2.40. The molecular formula is C30H46O3Si. The van der Waals surface area contributed by atoms with Gasteiger partial charge >= 0.3 is 5.97 Å². The monoisotopic (exact) mass is 482 g/mol. The Bertz CT molecular complexity index is 893. The van der Waals surface area contributed by atoms with Crippen LogP contribution in [0.15, 0.2) is 48.1 Å². The van der Waals surface area contributed by atoms with Crippen LogP contribution < -0.4 is 0 Å². The number of aryl methyl sites for hydroxylation is 2. The highest BCUT2D eigenvalue weighted by Gasteiger charge is 2.48. The minimum absolute atomic E-state index is 0.218. The fraction of sp³-hybridized carbons (Fsp3) is 0.633. The average molecular weight is 483 g/mol. The third-order valence-electron chi connectivity index (χ3n) is 8.36. The van der Waals surface area contributed by atoms with Gasteiger partial charge in [0, 0.05) is 12.3 Å². The number of hydrogen-bond acceptors (Lipinski definition) is 2. The predicted molar refractivity (Wildman–Crippen MR) is 145 cm³/mol. The van der Waals surface area contributed by atoms with Gasteiger partial charge in [-0.2, -0.15) is 0 Å². The van der Waals surface area contributed by atoms with Gasteiger partial charge in [0.25, 0.3) is 0 Å². The van der Waals surface area contributed by atoms with Crippen molar-refractivity contribution in [2.45, 2.75) is 103 Å². The fourth-order valence-corrected chi connectivity index (χ4v) is 6.81. The third-order valence-corrected chi connectivity index (χ3v) is 12.9. The predicted octanol–water partition coefficient (Wildman–Crippen LogP) is 8.10. The zero-order valence-corrected chi connectivity index (χ0v) is 23.3. The molecule has 1 saturated carbocycles. The van der Waals surface area contributed by atoms with Crippen molar-refractivity contribution < 1.29 is 14.3 Å². The molecule has 3 rings (SSSR count). The van der Waals surface area contributed by atoms with Gasteiger partial charge < -0.3 is 9.53 Å². The molecular weight excluding hydrogens is 436 g/mol. The van der Waals surface area contributed by atoms with Crippen LogP contribution in [-0.4, -0.2) is 25.5 Å². The summed E-state index contributed by atoms with van der Waals surface area (Å²) in [5, 5.41) is 9.12. The van der Waals surface area contributed by atoms with Gasteiger partial charge in [-0.05, 0) is 87.4 Å². The first-order valence-electron chi connectivity index (χ1n) is 13.3. The molecule has 188 valence electrons. The standard InChI is InChI=1S/C30H46O3Si/c1-22-12-11-15-23(18-22)13-7-9-16-26-27-20-24(14-8-10-17-29(31)32)19-25(27)21-28(26)33-34(5,6)30(2,3)4/h9,11-12,15-16,18-19,25-28H,7-8,10,13-14,17,20-21H2,1-6H3,(H,31,32)/b16-9+/t25-,26+,27-,28+/m0/s1.